The lowest BCUT2D eigenvalue weighted by atomic mass is 9.92. The first-order valence-electron chi connectivity index (χ1n) is 42.5. The van der Waals surface area contributed by atoms with Crippen LogP contribution in [-0.2, 0) is 14.4 Å². The molecule has 3 amide bonds. The van der Waals surface area contributed by atoms with E-state index in [0.717, 1.165) is 25.9 Å². The SMILES string of the molecule is [2H]c1c(C)[nH]c2ncnc(N(C([2H])([2H])[2H])[C@]3([2H])[C@H](C([2H])([2H])[2H])C([2H])([2H])C([2H])([2H])N(C(=O)C([2H])([2H])[N+]#[C-])C3([2H])[2H])c12.[2H]c1c(C)[nH]c2ncnc(N(C([2H])([2H])[2H])[C@]3([2H])[C@H](C)C([2H])([2H])C([2H])([2H])N(C(=O)C([2H])([2H])[N+]#[C-])C3([2H])[2H])c12.[2H]c1c(C)[nH]c2ncnc(N([C@H]3C([2H])([2H])N(C(=O)C([2H])([2H])[N+]#[C-])C([2H])([2H])C([2H])([2H])[C@@]3([2H])C([2H])([2H])[2H])C([2H])([2H])[2H])c12. The maximum atomic E-state index is 13.1. The molecule has 0 aliphatic carbocycles. The number of fused-ring (bicyclic) bond motifs is 3. The third-order valence-electron chi connectivity index (χ3n) is 9.47. The van der Waals surface area contributed by atoms with E-state index in [1.165, 1.54) is 20.8 Å². The van der Waals surface area contributed by atoms with E-state index in [-0.39, 0.29) is 60.2 Å². The van der Waals surface area contributed by atoms with Crippen molar-refractivity contribution in [1.29, 1.82) is 0 Å². The lowest BCUT2D eigenvalue weighted by Gasteiger charge is -2.41. The first kappa shape index (κ1) is 19.3. The quantitative estimate of drug-likeness (QED) is 0.152. The molecule has 0 saturated carbocycles. The first-order chi connectivity index (χ1) is 52.0. The molecule has 3 saturated heterocycles. The highest BCUT2D eigenvalue weighted by Crippen LogP contribution is 2.32. The van der Waals surface area contributed by atoms with Crippen LogP contribution in [0.5, 0.6) is 0 Å². The van der Waals surface area contributed by atoms with Gasteiger partial charge in [0.25, 0.3) is 19.5 Å². The van der Waals surface area contributed by atoms with Gasteiger partial charge in [0.1, 0.15) is 61.6 Å². The van der Waals surface area contributed by atoms with Crippen LogP contribution >= 0.6 is 0 Å². The van der Waals surface area contributed by atoms with E-state index in [0.29, 0.717) is 0 Å². The van der Waals surface area contributed by atoms with Crippen molar-refractivity contribution in [3.63, 3.8) is 0 Å². The van der Waals surface area contributed by atoms with Gasteiger partial charge in [-0.15, -0.1) is 0 Å². The van der Waals surface area contributed by atoms with Crippen molar-refractivity contribution in [1.82, 2.24) is 59.6 Å². The Morgan fingerprint density at radius 2 is 1.03 bits per heavy atom. The minimum Gasteiger partial charge on any atom is -0.354 e. The summed E-state index contributed by atoms with van der Waals surface area (Å²) in [5.74, 6) is -18.6. The van der Waals surface area contributed by atoms with Crippen LogP contribution in [0.3, 0.4) is 0 Å². The minimum atomic E-state index is -4.19. The van der Waals surface area contributed by atoms with Gasteiger partial charge >= 0.3 is 17.7 Å². The van der Waals surface area contributed by atoms with Crippen LogP contribution in [0.25, 0.3) is 47.6 Å². The number of rotatable bonds is 9. The molecule has 6 atom stereocenters. The van der Waals surface area contributed by atoms with Gasteiger partial charge in [-0.2, -0.15) is 0 Å². The molecular weight excluding hydrogens is 913 g/mol. The van der Waals surface area contributed by atoms with Crippen molar-refractivity contribution in [3.8, 4) is 0 Å². The van der Waals surface area contributed by atoms with Crippen molar-refractivity contribution in [2.45, 2.75) is 78.6 Å². The van der Waals surface area contributed by atoms with Crippen LogP contribution in [-0.4, -0.2) is 175 Å². The van der Waals surface area contributed by atoms with E-state index in [9.17, 15) is 17.1 Å². The van der Waals surface area contributed by atoms with Crippen LogP contribution in [0.2, 0.25) is 0 Å². The second-order valence-electron chi connectivity index (χ2n) is 14.4. The van der Waals surface area contributed by atoms with Gasteiger partial charge < -0.3 is 58.9 Å². The van der Waals surface area contributed by atoms with Gasteiger partial charge in [-0.05, 0) is 75.7 Å². The third-order valence-corrected chi connectivity index (χ3v) is 9.47. The van der Waals surface area contributed by atoms with Crippen LogP contribution in [0.15, 0.2) is 37.1 Å². The molecule has 0 bridgehead atoms. The van der Waals surface area contributed by atoms with Crippen molar-refractivity contribution in [2.24, 2.45) is 17.7 Å². The largest absolute Gasteiger partial charge is 0.354 e. The number of likely N-dealkylation sites (tertiary alicyclic amines) is 3. The molecule has 378 valence electrons. The molecule has 72 heavy (non-hydrogen) atoms. The Morgan fingerprint density at radius 3 is 1.43 bits per heavy atom. The number of likely N-dealkylation sites (N-methyl/N-ethyl adjacent to an activating group) is 3. The lowest BCUT2D eigenvalue weighted by molar-refractivity contribution is -0.131. The minimum absolute atomic E-state index is 0.0509. The average molecular weight is 1020 g/mol. The number of piperidine rings is 3. The number of amides is 3. The van der Waals surface area contributed by atoms with Gasteiger partial charge in [0.05, 0.1) is 49.3 Å². The topological polar surface area (TPSA) is 208 Å². The van der Waals surface area contributed by atoms with Gasteiger partial charge in [-0.3, -0.25) is 14.4 Å². The second-order valence-corrected chi connectivity index (χ2v) is 14.4. The number of nitrogens with zero attached hydrogens (tertiary/aromatic N) is 15. The summed E-state index contributed by atoms with van der Waals surface area (Å²) in [5.41, 5.74) is 0.0326. The van der Waals surface area contributed by atoms with Gasteiger partial charge in [0.2, 0.25) is 0 Å². The van der Waals surface area contributed by atoms with Crippen molar-refractivity contribution < 1.29 is 76.1 Å². The molecular formula is C51H66N18O3. The fraction of sp³-hybridized carbons (Fsp3) is 0.529. The van der Waals surface area contributed by atoms with E-state index < -0.39 is 221 Å². The number of aromatic amines is 3. The summed E-state index contributed by atoms with van der Waals surface area (Å²) in [7, 11) is 0. The maximum absolute atomic E-state index is 13.1. The molecule has 6 aromatic rings. The fourth-order valence-electron chi connectivity index (χ4n) is 6.31. The molecule has 0 unspecified atom stereocenters. The number of hydrogen-bond acceptors (Lipinski definition) is 12. The van der Waals surface area contributed by atoms with Gasteiger partial charge in [0.15, 0.2) is 0 Å². The van der Waals surface area contributed by atoms with Crippen molar-refractivity contribution in [2.75, 3.05) is 94.1 Å². The summed E-state index contributed by atoms with van der Waals surface area (Å²) in [5, 5.41) is -1.09. The number of H-pyrrole nitrogens is 3. The Kier molecular flexibility index (Phi) is 6.14. The summed E-state index contributed by atoms with van der Waals surface area (Å²) in [4.78, 5) is 75.4. The molecule has 21 nitrogen and oxygen atoms in total. The highest BCUT2D eigenvalue weighted by molar-refractivity contribution is 5.90. The molecule has 3 aliphatic rings. The zero-order valence-corrected chi connectivity index (χ0v) is 37.4. The number of carbonyl (C=O) groups is 3. The van der Waals surface area contributed by atoms with E-state index in [4.69, 9.17) is 78.7 Å². The number of aromatic nitrogens is 9. The molecule has 9 rings (SSSR count). The second kappa shape index (κ2) is 22.9. The average Bonchev–Trinajstić information content (AvgIpc) is 1.17. The predicted octanol–water partition coefficient (Wildman–Crippen LogP) is 5.58. The first-order valence-corrected chi connectivity index (χ1v) is 20.0. The van der Waals surface area contributed by atoms with Crippen LogP contribution in [0, 0.1) is 58.2 Å². The Morgan fingerprint density at radius 1 is 0.639 bits per heavy atom. The molecule has 0 aromatic carbocycles. The highest BCUT2D eigenvalue weighted by atomic mass is 16.2. The summed E-state index contributed by atoms with van der Waals surface area (Å²) in [6.07, 6.45) is -9.12. The van der Waals surface area contributed by atoms with Gasteiger partial charge in [-0.25, -0.2) is 49.6 Å². The Bertz CT molecular complexity index is 5060. The molecule has 0 radical (unpaired) electrons. The Hall–Kier alpha value is -7.86. The zero-order valence-electron chi connectivity index (χ0n) is 82.4. The number of aryl methyl sites for hydroxylation is 3. The number of nitrogens with one attached hydrogen (secondary N) is 3. The molecule has 6 aromatic heterocycles. The fourth-order valence-corrected chi connectivity index (χ4v) is 6.31. The summed E-state index contributed by atoms with van der Waals surface area (Å²) < 4.78 is 373. The summed E-state index contributed by atoms with van der Waals surface area (Å²) in [6, 6.07) is -11.8. The highest BCUT2D eigenvalue weighted by Gasteiger charge is 2.36. The normalized spacial score (nSPS) is 40.9. The zero-order chi connectivity index (χ0) is 91.2. The van der Waals surface area contributed by atoms with E-state index in [2.05, 4.69) is 59.4 Å². The smallest absolute Gasteiger partial charge is 0.302 e. The summed E-state index contributed by atoms with van der Waals surface area (Å²) >= 11 is 0. The van der Waals surface area contributed by atoms with Gasteiger partial charge in [-0.1, -0.05) is 20.6 Å². The van der Waals surface area contributed by atoms with Crippen LogP contribution < -0.4 is 14.7 Å². The Labute approximate surface area is 484 Å². The monoisotopic (exact) mass is 1020 g/mol. The van der Waals surface area contributed by atoms with E-state index in [1.807, 2.05) is 0 Å². The number of hydrogen-bond donors (Lipinski definition) is 3. The van der Waals surface area contributed by atoms with E-state index in [1.54, 1.807) is 0 Å². The third kappa shape index (κ3) is 11.5. The maximum Gasteiger partial charge on any atom is 0.302 e. The number of carbonyl (C=O) groups excluding carboxylic acids is 3. The standard InChI is InChI=1S/3C17H22N6O/c3*1-11-5-6-23(15(24)8-18-3)9-14(11)22(4)17-13-7-12(2)21-16(13)19-10-20-17/h3*7,10-11,14H,5-6,8-9H2,1-2,4H3,(H,19,20,21)/t3*11-,14+/m111/s1/i1D3,4D3,5D2,6D2,7D,8D2,9D2,14D;1D3,4D3,5D2,6D2,7D,8D2,9D2,11D;4D3,5D2,6D2,7D,8D2,9D2,14D. The van der Waals surface area contributed by atoms with E-state index >= 15 is 0 Å². The van der Waals surface area contributed by atoms with Crippen molar-refractivity contribution >= 4 is 68.3 Å². The lowest BCUT2D eigenvalue weighted by Crippen LogP contribution is -2.53. The molecule has 3 fully saturated rings. The predicted molar refractivity (Wildman–Crippen MR) is 278 cm³/mol. The summed E-state index contributed by atoms with van der Waals surface area (Å²) in [6.45, 7) is -27.5. The molecule has 3 N–H and O–H groups in total. The van der Waals surface area contributed by atoms with Gasteiger partial charge in [0, 0.05) is 115 Å². The Balaban J connectivity index is 0.000000243. The van der Waals surface area contributed by atoms with Crippen molar-refractivity contribution in [3.05, 3.63) is 88.4 Å². The van der Waals surface area contributed by atoms with Crippen LogP contribution in [0.1, 0.15) is 119 Å². The molecule has 0 spiro atoms. The molecule has 3 aliphatic heterocycles. The molecule has 9 heterocycles. The molecule has 21 heteroatoms. The number of anilines is 3. The van der Waals surface area contributed by atoms with Crippen LogP contribution in [0.4, 0.5) is 17.5 Å².